The second kappa shape index (κ2) is 6.43. The molecule has 0 aromatic heterocycles. The summed E-state index contributed by atoms with van der Waals surface area (Å²) >= 11 is 0. The van der Waals surface area contributed by atoms with Crippen molar-refractivity contribution in [2.75, 3.05) is 25.1 Å². The Morgan fingerprint density at radius 1 is 1.43 bits per heavy atom. The highest BCUT2D eigenvalue weighted by Gasteiger charge is 2.40. The van der Waals surface area contributed by atoms with Crippen LogP contribution in [0.4, 0.5) is 10.1 Å². The third kappa shape index (κ3) is 4.17. The Hall–Kier alpha value is -1.62. The van der Waals surface area contributed by atoms with Crippen LogP contribution in [0.2, 0.25) is 0 Å². The summed E-state index contributed by atoms with van der Waals surface area (Å²) in [5.41, 5.74) is 0.102. The van der Waals surface area contributed by atoms with E-state index in [4.69, 9.17) is 4.74 Å². The molecule has 0 aliphatic heterocycles. The zero-order chi connectivity index (χ0) is 15.5. The zero-order valence-electron chi connectivity index (χ0n) is 12.9. The van der Waals surface area contributed by atoms with E-state index >= 15 is 0 Å². The lowest BCUT2D eigenvalue weighted by atomic mass is 10.0. The number of nitrogens with zero attached hydrogens (tertiary/aromatic N) is 1. The first-order valence-corrected chi connectivity index (χ1v) is 7.36. The van der Waals surface area contributed by atoms with Gasteiger partial charge in [0, 0.05) is 25.3 Å². The van der Waals surface area contributed by atoms with Crippen molar-refractivity contribution < 1.29 is 13.9 Å². The number of likely N-dealkylation sites (N-methyl/N-ethyl adjacent to an activating group) is 1. The predicted octanol–water partition coefficient (Wildman–Crippen LogP) is 2.34. The van der Waals surface area contributed by atoms with E-state index in [9.17, 15) is 9.18 Å². The molecule has 116 valence electrons. The van der Waals surface area contributed by atoms with Gasteiger partial charge < -0.3 is 9.64 Å². The first kappa shape index (κ1) is 15.8. The molecule has 21 heavy (non-hydrogen) atoms. The molecule has 1 unspecified atom stereocenters. The molecule has 1 atom stereocenters. The Bertz CT molecular complexity index is 488. The summed E-state index contributed by atoms with van der Waals surface area (Å²) in [7, 11) is 1.89. The molecule has 0 radical (unpaired) electrons. The number of hydrogen-bond donors (Lipinski definition) is 1. The molecule has 1 fully saturated rings. The lowest BCUT2D eigenvalue weighted by molar-refractivity contribution is -0.150. The molecule has 1 aromatic rings. The van der Waals surface area contributed by atoms with E-state index in [1.807, 2.05) is 18.9 Å². The summed E-state index contributed by atoms with van der Waals surface area (Å²) in [6.07, 6.45) is 2.19. The van der Waals surface area contributed by atoms with E-state index in [0.29, 0.717) is 19.2 Å². The van der Waals surface area contributed by atoms with Gasteiger partial charge in [0.05, 0.1) is 6.61 Å². The minimum Gasteiger partial charge on any atom is -0.465 e. The largest absolute Gasteiger partial charge is 0.465 e. The SMILES string of the molecule is CCOC(=O)C(C)(CN(C)c1ccc(F)cc1)NC1CC1. The van der Waals surface area contributed by atoms with Crippen molar-refractivity contribution >= 4 is 11.7 Å². The molecule has 1 aliphatic rings. The second-order valence-corrected chi connectivity index (χ2v) is 5.80. The molecule has 0 spiro atoms. The summed E-state index contributed by atoms with van der Waals surface area (Å²) in [6.45, 7) is 4.50. The predicted molar refractivity (Wildman–Crippen MR) is 80.9 cm³/mol. The molecule has 1 aliphatic carbocycles. The molecule has 0 heterocycles. The summed E-state index contributed by atoms with van der Waals surface area (Å²) in [4.78, 5) is 14.2. The molecule has 0 bridgehead atoms. The van der Waals surface area contributed by atoms with Gasteiger partial charge in [0.25, 0.3) is 0 Å². The Kier molecular flexibility index (Phi) is 4.83. The highest BCUT2D eigenvalue weighted by Crippen LogP contribution is 2.25. The Balaban J connectivity index is 2.09. The van der Waals surface area contributed by atoms with Gasteiger partial charge in [-0.05, 0) is 51.0 Å². The van der Waals surface area contributed by atoms with Crippen LogP contribution in [0.5, 0.6) is 0 Å². The number of carbonyl (C=O) groups excluding carboxylic acids is 1. The fraction of sp³-hybridized carbons (Fsp3) is 0.562. The third-order valence-corrected chi connectivity index (χ3v) is 3.65. The second-order valence-electron chi connectivity index (χ2n) is 5.80. The average Bonchev–Trinajstić information content (AvgIpc) is 3.23. The van der Waals surface area contributed by atoms with Gasteiger partial charge in [-0.25, -0.2) is 9.18 Å². The standard InChI is InChI=1S/C16H23FN2O2/c1-4-21-15(20)16(2,18-13-7-8-13)11-19(3)14-9-5-12(17)6-10-14/h5-6,9-10,13,18H,4,7-8,11H2,1-3H3. The van der Waals surface area contributed by atoms with Crippen molar-refractivity contribution in [2.24, 2.45) is 0 Å². The van der Waals surface area contributed by atoms with E-state index in [-0.39, 0.29) is 11.8 Å². The maximum absolute atomic E-state index is 13.0. The van der Waals surface area contributed by atoms with Gasteiger partial charge in [-0.15, -0.1) is 0 Å². The molecular formula is C16H23FN2O2. The van der Waals surface area contributed by atoms with Crippen molar-refractivity contribution in [1.82, 2.24) is 5.32 Å². The molecule has 4 nitrogen and oxygen atoms in total. The zero-order valence-corrected chi connectivity index (χ0v) is 12.9. The molecule has 5 heteroatoms. The first-order valence-electron chi connectivity index (χ1n) is 7.36. The number of hydrogen-bond acceptors (Lipinski definition) is 4. The van der Waals surface area contributed by atoms with Gasteiger partial charge in [-0.3, -0.25) is 5.32 Å². The molecule has 2 rings (SSSR count). The minimum atomic E-state index is -0.764. The van der Waals surface area contributed by atoms with Gasteiger partial charge >= 0.3 is 5.97 Å². The summed E-state index contributed by atoms with van der Waals surface area (Å²) in [5, 5.41) is 3.37. The van der Waals surface area contributed by atoms with Gasteiger partial charge in [0.1, 0.15) is 11.4 Å². The Labute approximate surface area is 125 Å². The monoisotopic (exact) mass is 294 g/mol. The lowest BCUT2D eigenvalue weighted by Crippen LogP contribution is -2.58. The summed E-state index contributed by atoms with van der Waals surface area (Å²) in [6, 6.07) is 6.64. The highest BCUT2D eigenvalue weighted by molar-refractivity contribution is 5.81. The number of halogens is 1. The van der Waals surface area contributed by atoms with E-state index in [1.165, 1.54) is 12.1 Å². The van der Waals surface area contributed by atoms with Gasteiger partial charge in [0.2, 0.25) is 0 Å². The molecule has 0 amide bonds. The number of rotatable bonds is 7. The van der Waals surface area contributed by atoms with E-state index < -0.39 is 5.54 Å². The smallest absolute Gasteiger partial charge is 0.327 e. The summed E-state index contributed by atoms with van der Waals surface area (Å²) < 4.78 is 18.2. The van der Waals surface area contributed by atoms with Gasteiger partial charge in [-0.2, -0.15) is 0 Å². The van der Waals surface area contributed by atoms with Crippen LogP contribution in [0.15, 0.2) is 24.3 Å². The fourth-order valence-corrected chi connectivity index (χ4v) is 2.40. The molecule has 1 aromatic carbocycles. The number of carbonyl (C=O) groups is 1. The number of anilines is 1. The molecule has 0 saturated heterocycles. The van der Waals surface area contributed by atoms with Crippen molar-refractivity contribution in [2.45, 2.75) is 38.3 Å². The molecular weight excluding hydrogens is 271 g/mol. The van der Waals surface area contributed by atoms with Crippen molar-refractivity contribution in [3.05, 3.63) is 30.1 Å². The van der Waals surface area contributed by atoms with Crippen LogP contribution in [0.1, 0.15) is 26.7 Å². The van der Waals surface area contributed by atoms with Crippen LogP contribution in [0.3, 0.4) is 0 Å². The average molecular weight is 294 g/mol. The van der Waals surface area contributed by atoms with E-state index in [2.05, 4.69) is 5.32 Å². The molecule has 1 N–H and O–H groups in total. The number of ether oxygens (including phenoxy) is 1. The minimum absolute atomic E-state index is 0.245. The number of nitrogens with one attached hydrogen (secondary N) is 1. The van der Waals surface area contributed by atoms with Crippen molar-refractivity contribution in [3.8, 4) is 0 Å². The van der Waals surface area contributed by atoms with Gasteiger partial charge in [-0.1, -0.05) is 0 Å². The van der Waals surface area contributed by atoms with E-state index in [1.54, 1.807) is 19.1 Å². The first-order chi connectivity index (χ1) is 9.94. The normalized spacial score (nSPS) is 17.1. The van der Waals surface area contributed by atoms with Crippen LogP contribution in [0, 0.1) is 5.82 Å². The quantitative estimate of drug-likeness (QED) is 0.784. The fourth-order valence-electron chi connectivity index (χ4n) is 2.40. The summed E-state index contributed by atoms with van der Waals surface area (Å²) in [5.74, 6) is -0.512. The maximum atomic E-state index is 13.0. The van der Waals surface area contributed by atoms with Crippen LogP contribution in [-0.2, 0) is 9.53 Å². The number of benzene rings is 1. The van der Waals surface area contributed by atoms with E-state index in [0.717, 1.165) is 18.5 Å². The van der Waals surface area contributed by atoms with Crippen LogP contribution >= 0.6 is 0 Å². The highest BCUT2D eigenvalue weighted by atomic mass is 19.1. The number of esters is 1. The van der Waals surface area contributed by atoms with Crippen LogP contribution in [-0.4, -0.2) is 37.7 Å². The maximum Gasteiger partial charge on any atom is 0.327 e. The molecule has 1 saturated carbocycles. The van der Waals surface area contributed by atoms with Crippen molar-refractivity contribution in [3.63, 3.8) is 0 Å². The third-order valence-electron chi connectivity index (χ3n) is 3.65. The Morgan fingerprint density at radius 3 is 2.57 bits per heavy atom. The Morgan fingerprint density at radius 2 is 2.05 bits per heavy atom. The van der Waals surface area contributed by atoms with Crippen LogP contribution < -0.4 is 10.2 Å². The van der Waals surface area contributed by atoms with Crippen molar-refractivity contribution in [1.29, 1.82) is 0 Å². The topological polar surface area (TPSA) is 41.6 Å². The van der Waals surface area contributed by atoms with Gasteiger partial charge in [0.15, 0.2) is 0 Å². The lowest BCUT2D eigenvalue weighted by Gasteiger charge is -2.33. The van der Waals surface area contributed by atoms with Crippen LogP contribution in [0.25, 0.3) is 0 Å².